The highest BCUT2D eigenvalue weighted by molar-refractivity contribution is 5.94. The molecular formula is C25H33N3O. The van der Waals surface area contributed by atoms with Crippen molar-refractivity contribution in [3.8, 4) is 0 Å². The zero-order valence-corrected chi connectivity index (χ0v) is 18.4. The zero-order chi connectivity index (χ0) is 21.1. The number of aryl methyl sites for hydroxylation is 2. The lowest BCUT2D eigenvalue weighted by Gasteiger charge is -2.28. The molecule has 2 aromatic rings. The summed E-state index contributed by atoms with van der Waals surface area (Å²) in [6, 6.07) is 4.60. The maximum Gasteiger partial charge on any atom is 0.214 e. The van der Waals surface area contributed by atoms with Crippen LogP contribution in [0.2, 0.25) is 0 Å². The summed E-state index contributed by atoms with van der Waals surface area (Å²) >= 11 is 0. The van der Waals surface area contributed by atoms with Crippen LogP contribution >= 0.6 is 0 Å². The molecule has 0 radical (unpaired) electrons. The van der Waals surface area contributed by atoms with Crippen molar-refractivity contribution in [1.29, 1.82) is 0 Å². The van der Waals surface area contributed by atoms with Gasteiger partial charge in [0.05, 0.1) is 5.69 Å². The van der Waals surface area contributed by atoms with Crippen LogP contribution in [-0.4, -0.2) is 22.6 Å². The van der Waals surface area contributed by atoms with Crippen molar-refractivity contribution in [2.45, 2.75) is 72.3 Å². The van der Waals surface area contributed by atoms with Gasteiger partial charge < -0.3 is 4.90 Å². The Kier molecular flexibility index (Phi) is 6.41. The number of fused-ring (bicyclic) bond motifs is 1. The van der Waals surface area contributed by atoms with Crippen molar-refractivity contribution in [3.63, 3.8) is 0 Å². The first-order chi connectivity index (χ1) is 13.9. The van der Waals surface area contributed by atoms with Crippen molar-refractivity contribution in [2.75, 3.05) is 4.90 Å². The molecule has 0 saturated carbocycles. The summed E-state index contributed by atoms with van der Waals surface area (Å²) in [5.74, 6) is 0.340. The van der Waals surface area contributed by atoms with Crippen LogP contribution in [0.25, 0.3) is 11.1 Å². The Morgan fingerprint density at radius 3 is 2.62 bits per heavy atom. The molecule has 1 heterocycles. The number of carbonyl (C=O) groups is 1. The average molecular weight is 392 g/mol. The number of benzene rings is 1. The fraction of sp³-hybridized carbons (Fsp3) is 0.440. The third-order valence-electron chi connectivity index (χ3n) is 5.86. The van der Waals surface area contributed by atoms with Crippen LogP contribution < -0.4 is 4.90 Å². The van der Waals surface area contributed by atoms with Gasteiger partial charge in [0.1, 0.15) is 0 Å². The Bertz CT molecular complexity index is 934. The minimum atomic E-state index is 0.106. The molecule has 154 valence electrons. The van der Waals surface area contributed by atoms with Crippen LogP contribution in [0, 0.1) is 6.92 Å². The molecule has 1 aliphatic carbocycles. The van der Waals surface area contributed by atoms with Gasteiger partial charge in [-0.25, -0.2) is 0 Å². The molecule has 0 bridgehead atoms. The van der Waals surface area contributed by atoms with Crippen molar-refractivity contribution >= 4 is 23.2 Å². The molecule has 0 unspecified atom stereocenters. The smallest absolute Gasteiger partial charge is 0.214 e. The number of nitrogens with zero attached hydrogens (tertiary/aromatic N) is 2. The Morgan fingerprint density at radius 1 is 1.24 bits per heavy atom. The average Bonchev–Trinajstić information content (AvgIpc) is 3.06. The number of rotatable bonds is 7. The third-order valence-corrected chi connectivity index (χ3v) is 5.86. The Morgan fingerprint density at radius 2 is 2.00 bits per heavy atom. The normalized spacial score (nSPS) is 14.2. The Hall–Kier alpha value is -2.62. The van der Waals surface area contributed by atoms with E-state index in [2.05, 4.69) is 63.5 Å². The Labute approximate surface area is 174 Å². The van der Waals surface area contributed by atoms with E-state index >= 15 is 0 Å². The minimum absolute atomic E-state index is 0.106. The highest BCUT2D eigenvalue weighted by atomic mass is 16.1. The van der Waals surface area contributed by atoms with Crippen LogP contribution in [0.3, 0.4) is 0 Å². The number of aromatic nitrogens is 2. The van der Waals surface area contributed by atoms with E-state index in [4.69, 9.17) is 0 Å². The van der Waals surface area contributed by atoms with Crippen LogP contribution in [0.1, 0.15) is 80.8 Å². The molecule has 29 heavy (non-hydrogen) atoms. The first-order valence-electron chi connectivity index (χ1n) is 10.6. The highest BCUT2D eigenvalue weighted by Gasteiger charge is 2.24. The van der Waals surface area contributed by atoms with E-state index in [1.807, 2.05) is 17.2 Å². The second kappa shape index (κ2) is 8.81. The van der Waals surface area contributed by atoms with Gasteiger partial charge in [-0.1, -0.05) is 26.0 Å². The molecule has 0 spiro atoms. The predicted molar refractivity (Wildman–Crippen MR) is 122 cm³/mol. The summed E-state index contributed by atoms with van der Waals surface area (Å²) in [4.78, 5) is 13.8. The summed E-state index contributed by atoms with van der Waals surface area (Å²) in [5, 5.41) is 7.62. The first-order valence-corrected chi connectivity index (χ1v) is 10.6. The molecule has 0 atom stereocenters. The molecule has 1 amide bonds. The van der Waals surface area contributed by atoms with Crippen LogP contribution in [0.15, 0.2) is 31.0 Å². The Balaban J connectivity index is 2.27. The fourth-order valence-electron chi connectivity index (χ4n) is 4.36. The lowest BCUT2D eigenvalue weighted by Crippen LogP contribution is -2.30. The number of carbonyl (C=O) groups excluding carboxylic acids is 1. The number of nitrogens with one attached hydrogen (secondary N) is 1. The van der Waals surface area contributed by atoms with Crippen LogP contribution in [-0.2, 0) is 11.2 Å². The molecule has 0 aliphatic heterocycles. The highest BCUT2D eigenvalue weighted by Crippen LogP contribution is 2.41. The summed E-state index contributed by atoms with van der Waals surface area (Å²) < 4.78 is 0. The van der Waals surface area contributed by atoms with Crippen molar-refractivity contribution in [3.05, 3.63) is 58.9 Å². The van der Waals surface area contributed by atoms with Gasteiger partial charge in [-0.15, -0.1) is 6.58 Å². The topological polar surface area (TPSA) is 49.0 Å². The van der Waals surface area contributed by atoms with Gasteiger partial charge in [0.15, 0.2) is 0 Å². The van der Waals surface area contributed by atoms with E-state index in [-0.39, 0.29) is 6.04 Å². The minimum Gasteiger partial charge on any atom is -0.312 e. The van der Waals surface area contributed by atoms with Crippen molar-refractivity contribution in [2.24, 2.45) is 0 Å². The number of hydrogen-bond acceptors (Lipinski definition) is 2. The SMILES string of the molecule is C=CCC1=C(c2cc(N(C=O)C(C)C)c(C(C)C)cc2C)CCCc2c[nH]nc21. The van der Waals surface area contributed by atoms with Crippen molar-refractivity contribution < 1.29 is 4.79 Å². The molecule has 0 fully saturated rings. The molecular weight excluding hydrogens is 358 g/mol. The van der Waals surface area contributed by atoms with Gasteiger partial charge in [-0.2, -0.15) is 5.10 Å². The lowest BCUT2D eigenvalue weighted by molar-refractivity contribution is -0.107. The van der Waals surface area contributed by atoms with E-state index in [0.29, 0.717) is 5.92 Å². The monoisotopic (exact) mass is 391 g/mol. The quantitative estimate of drug-likeness (QED) is 0.462. The van der Waals surface area contributed by atoms with E-state index in [1.54, 1.807) is 0 Å². The third kappa shape index (κ3) is 4.07. The number of allylic oxidation sites excluding steroid dienone is 3. The molecule has 1 aromatic heterocycles. The molecule has 1 aliphatic rings. The number of amides is 1. The number of aromatic amines is 1. The van der Waals surface area contributed by atoms with E-state index in [9.17, 15) is 4.79 Å². The van der Waals surface area contributed by atoms with Gasteiger partial charge in [0.2, 0.25) is 6.41 Å². The van der Waals surface area contributed by atoms with Gasteiger partial charge in [0.25, 0.3) is 0 Å². The largest absolute Gasteiger partial charge is 0.312 e. The maximum atomic E-state index is 11.9. The zero-order valence-electron chi connectivity index (χ0n) is 18.4. The first kappa shape index (κ1) is 21.1. The van der Waals surface area contributed by atoms with Crippen LogP contribution in [0.5, 0.6) is 0 Å². The standard InChI is InChI=1S/C25H33N3O/c1-7-9-21-20(11-8-10-19-14-26-27-25(19)21)23-13-24(28(15-29)17(4)5)22(16(2)3)12-18(23)6/h7,12-17H,1,8-11H2,2-6H3,(H,26,27). The van der Waals surface area contributed by atoms with Crippen molar-refractivity contribution in [1.82, 2.24) is 10.2 Å². The van der Waals surface area contributed by atoms with Gasteiger partial charge in [-0.3, -0.25) is 9.89 Å². The molecule has 1 N–H and O–H groups in total. The van der Waals surface area contributed by atoms with Gasteiger partial charge in [0, 0.05) is 17.9 Å². The number of hydrogen-bond donors (Lipinski definition) is 1. The summed E-state index contributed by atoms with van der Waals surface area (Å²) in [6.07, 6.45) is 8.85. The second-order valence-corrected chi connectivity index (χ2v) is 8.55. The van der Waals surface area contributed by atoms with Gasteiger partial charge >= 0.3 is 0 Å². The predicted octanol–water partition coefficient (Wildman–Crippen LogP) is 6.04. The molecule has 4 nitrogen and oxygen atoms in total. The second-order valence-electron chi connectivity index (χ2n) is 8.55. The molecule has 3 rings (SSSR count). The molecule has 1 aromatic carbocycles. The number of H-pyrrole nitrogens is 1. The van der Waals surface area contributed by atoms with E-state index < -0.39 is 0 Å². The summed E-state index contributed by atoms with van der Waals surface area (Å²) in [7, 11) is 0. The van der Waals surface area contributed by atoms with Crippen LogP contribution in [0.4, 0.5) is 5.69 Å². The molecule has 4 heteroatoms. The maximum absolute atomic E-state index is 11.9. The lowest BCUT2D eigenvalue weighted by atomic mass is 9.87. The van der Waals surface area contributed by atoms with E-state index in [0.717, 1.165) is 43.5 Å². The molecule has 0 saturated heterocycles. The van der Waals surface area contributed by atoms with E-state index in [1.165, 1.54) is 33.4 Å². The summed E-state index contributed by atoms with van der Waals surface area (Å²) in [5.41, 5.74) is 9.65. The number of anilines is 1. The van der Waals surface area contributed by atoms with Gasteiger partial charge in [-0.05, 0) is 91.8 Å². The fourth-order valence-corrected chi connectivity index (χ4v) is 4.36. The summed E-state index contributed by atoms with van der Waals surface area (Å²) in [6.45, 7) is 14.7.